The van der Waals surface area contributed by atoms with E-state index in [1.54, 1.807) is 85.8 Å². The number of hydrogen-bond acceptors (Lipinski definition) is 10. The highest BCUT2D eigenvalue weighted by atomic mass is 35.5. The number of ether oxygens (including phenoxy) is 1. The minimum Gasteiger partial charge on any atom is -0.508 e. The Balaban J connectivity index is 0.000000595. The van der Waals surface area contributed by atoms with E-state index >= 15 is 0 Å². The lowest BCUT2D eigenvalue weighted by molar-refractivity contribution is -0.385. The fraction of sp³-hybridized carbons (Fsp3) is 0.234. The average molecular weight is 1510 g/mol. The molecule has 0 atom stereocenters. The summed E-state index contributed by atoms with van der Waals surface area (Å²) in [7, 11) is 0. The molecule has 0 saturated heterocycles. The highest BCUT2D eigenvalue weighted by Gasteiger charge is 2.07. The quantitative estimate of drug-likeness (QED) is 0.110. The van der Waals surface area contributed by atoms with Crippen molar-refractivity contribution in [3.63, 3.8) is 0 Å². The van der Waals surface area contributed by atoms with Crippen molar-refractivity contribution in [1.82, 2.24) is 0 Å². The molecule has 12 rings (SSSR count). The van der Waals surface area contributed by atoms with Gasteiger partial charge in [0, 0.05) is 35.9 Å². The normalized spacial score (nSPS) is 9.42. The Morgan fingerprint density at radius 2 is 0.661 bits per heavy atom. The molecule has 0 aliphatic carbocycles. The molecule has 12 aromatic rings. The van der Waals surface area contributed by atoms with Gasteiger partial charge in [-0.05, 0) is 271 Å². The molecule has 3 N–H and O–H groups in total. The van der Waals surface area contributed by atoms with Crippen molar-refractivity contribution < 1.29 is 34.8 Å². The molecular formula is C94H111Cl2N3O10. The van der Waals surface area contributed by atoms with Gasteiger partial charge in [0.1, 0.15) is 23.0 Å². The van der Waals surface area contributed by atoms with Crippen molar-refractivity contribution in [2.24, 2.45) is 0 Å². The Kier molecular flexibility index (Phi) is 46.1. The lowest BCUT2D eigenvalue weighted by atomic mass is 10.1. The minimum absolute atomic E-state index is 0.144. The summed E-state index contributed by atoms with van der Waals surface area (Å²) in [6, 6.07) is 80.5. The van der Waals surface area contributed by atoms with Crippen molar-refractivity contribution in [3.8, 4) is 23.0 Å². The zero-order chi connectivity index (χ0) is 82.3. The highest BCUT2D eigenvalue weighted by Crippen LogP contribution is 2.25. The second-order valence-corrected chi connectivity index (χ2v) is 26.8. The number of para-hydroxylation sites is 3. The van der Waals surface area contributed by atoms with E-state index in [0.717, 1.165) is 40.2 Å². The smallest absolute Gasteiger partial charge is 0.272 e. The Morgan fingerprint density at radius 3 is 0.972 bits per heavy atom. The second-order valence-electron chi connectivity index (χ2n) is 26.0. The van der Waals surface area contributed by atoms with E-state index < -0.39 is 9.85 Å². The van der Waals surface area contributed by atoms with Crippen molar-refractivity contribution in [2.45, 2.75) is 145 Å². The van der Waals surface area contributed by atoms with Crippen molar-refractivity contribution in [1.29, 1.82) is 0 Å². The van der Waals surface area contributed by atoms with E-state index in [1.807, 2.05) is 140 Å². The second kappa shape index (κ2) is 52.6. The van der Waals surface area contributed by atoms with Gasteiger partial charge in [0.2, 0.25) is 0 Å². The van der Waals surface area contributed by atoms with Gasteiger partial charge < -0.3 is 20.1 Å². The Morgan fingerprint density at radius 1 is 0.294 bits per heavy atom. The lowest BCUT2D eigenvalue weighted by Gasteiger charge is -2.04. The van der Waals surface area contributed by atoms with Crippen LogP contribution in [0.15, 0.2) is 261 Å². The molecule has 576 valence electrons. The van der Waals surface area contributed by atoms with Crippen LogP contribution >= 0.6 is 23.2 Å². The van der Waals surface area contributed by atoms with Gasteiger partial charge in [-0.2, -0.15) is 0 Å². The molecule has 13 nitrogen and oxygen atoms in total. The number of nitrogens with zero attached hydrogens (tertiary/aromatic N) is 3. The molecule has 0 fully saturated rings. The van der Waals surface area contributed by atoms with Crippen LogP contribution in [0.4, 0.5) is 17.1 Å². The zero-order valence-electron chi connectivity index (χ0n) is 67.3. The topological polar surface area (TPSA) is 199 Å². The number of hydrogen-bond donors (Lipinski definition) is 3. The van der Waals surface area contributed by atoms with Gasteiger partial charge >= 0.3 is 0 Å². The van der Waals surface area contributed by atoms with E-state index in [-0.39, 0.29) is 22.0 Å². The van der Waals surface area contributed by atoms with Gasteiger partial charge in [-0.3, -0.25) is 30.3 Å². The molecule has 0 radical (unpaired) electrons. The number of nitro groups is 3. The van der Waals surface area contributed by atoms with Crippen molar-refractivity contribution in [3.05, 3.63) is 413 Å². The number of nitro benzene ring substituents is 3. The summed E-state index contributed by atoms with van der Waals surface area (Å²) in [6.07, 6.45) is 0. The molecular weight excluding hydrogens is 1400 g/mol. The number of aryl methyl sites for hydroxylation is 18. The summed E-state index contributed by atoms with van der Waals surface area (Å²) in [5, 5.41) is 58.3. The van der Waals surface area contributed by atoms with Crippen LogP contribution in [0, 0.1) is 169 Å². The van der Waals surface area contributed by atoms with Gasteiger partial charge in [-0.1, -0.05) is 234 Å². The molecule has 109 heavy (non-hydrogen) atoms. The number of phenols is 3. The van der Waals surface area contributed by atoms with Crippen molar-refractivity contribution >= 4 is 40.3 Å². The summed E-state index contributed by atoms with van der Waals surface area (Å²) >= 11 is 11.4. The largest absolute Gasteiger partial charge is 0.508 e. The summed E-state index contributed by atoms with van der Waals surface area (Å²) in [4.78, 5) is 29.3. The van der Waals surface area contributed by atoms with Gasteiger partial charge in [0.25, 0.3) is 17.1 Å². The molecule has 12 aromatic carbocycles. The van der Waals surface area contributed by atoms with Gasteiger partial charge in [-0.25, -0.2) is 0 Å². The minimum atomic E-state index is -0.403. The van der Waals surface area contributed by atoms with Crippen LogP contribution in [0.25, 0.3) is 0 Å². The SMILES string of the molecule is CCOc1ccccc1C.Cc1ccc(C)c(C)c1.Cc1ccc(C)c(C)c1.Cc1ccc(O)cc1.Cc1ccc([N+](=O)[O-])cc1.Cc1cccc(C)c1C.Cc1cccc(C)c1C.Cc1cccc(Cl)c1Cl.Cc1cccc(O)c1.Cc1cccc([N+](=O)[O-])c1.Cc1ccccc1O.Cc1ccccc1[N+](=O)[O-]. The first-order valence-corrected chi connectivity index (χ1v) is 36.2. The predicted molar refractivity (Wildman–Crippen MR) is 458 cm³/mol. The first-order valence-electron chi connectivity index (χ1n) is 35.5. The maximum Gasteiger partial charge on any atom is 0.272 e. The summed E-state index contributed by atoms with van der Waals surface area (Å²) in [5.41, 5.74) is 25.1. The third kappa shape index (κ3) is 41.4. The zero-order valence-corrected chi connectivity index (χ0v) is 68.8. The van der Waals surface area contributed by atoms with Crippen LogP contribution in [0.2, 0.25) is 10.0 Å². The van der Waals surface area contributed by atoms with Gasteiger partial charge in [-0.15, -0.1) is 0 Å². The van der Waals surface area contributed by atoms with E-state index in [9.17, 15) is 30.3 Å². The van der Waals surface area contributed by atoms with E-state index in [0.29, 0.717) is 32.9 Å². The molecule has 0 aromatic heterocycles. The predicted octanol–water partition coefficient (Wildman–Crippen LogP) is 27.0. The first kappa shape index (κ1) is 95.6. The first-order chi connectivity index (χ1) is 51.4. The van der Waals surface area contributed by atoms with E-state index in [4.69, 9.17) is 43.3 Å². The third-order valence-corrected chi connectivity index (χ3v) is 17.4. The fourth-order valence-corrected chi connectivity index (χ4v) is 9.32. The average Bonchev–Trinajstić information content (AvgIpc) is 0.934. The molecule has 0 amide bonds. The molecule has 0 saturated carbocycles. The van der Waals surface area contributed by atoms with Gasteiger partial charge in [0.05, 0.1) is 31.4 Å². The van der Waals surface area contributed by atoms with E-state index in [1.165, 1.54) is 102 Å². The fourth-order valence-electron chi connectivity index (χ4n) is 8.98. The molecule has 0 spiro atoms. The Hall–Kier alpha value is -11.4. The number of non-ortho nitro benzene ring substituents is 2. The standard InChI is InChI=1S/C9H12O.4C9H12.C7H6Cl2.3C7H7NO2.3C7H8O/c1-3-10-9-7-5-4-6-8(9)2;2*1-7-4-5-8(2)9(3)6-7;2*1-7-5-4-6-8(2)9(7)3;1-5-3-2-4-6(8)7(5)9;1-6-2-4-7(5-3-6)8(9)10;1-6-3-2-4-7(5-6)8(9)10;1-6-4-2-3-5-7(6)8(9)10;1-6-2-4-7(8)5-3-6;1-6-3-2-4-7(8)5-6;1-6-4-2-3-5-7(6)8/h4-7H,3H2,1-2H3;4*4-6H,1-3H3;2-4H,1H3;3*2-5H,1H3;3*2-5,8H,1H3. The maximum atomic E-state index is 10.2. The molecule has 0 unspecified atom stereocenters. The molecule has 0 bridgehead atoms. The van der Waals surface area contributed by atoms with Crippen LogP contribution < -0.4 is 4.74 Å². The van der Waals surface area contributed by atoms with Crippen LogP contribution in [-0.2, 0) is 0 Å². The summed E-state index contributed by atoms with van der Waals surface area (Å²) < 4.78 is 5.34. The number of aromatic hydroxyl groups is 3. The van der Waals surface area contributed by atoms with Crippen LogP contribution in [0.5, 0.6) is 23.0 Å². The Labute approximate surface area is 658 Å². The van der Waals surface area contributed by atoms with Crippen LogP contribution in [-0.4, -0.2) is 36.7 Å². The van der Waals surface area contributed by atoms with Crippen LogP contribution in [0.1, 0.15) is 118 Å². The van der Waals surface area contributed by atoms with E-state index in [2.05, 4.69) is 156 Å². The molecule has 15 heteroatoms. The highest BCUT2D eigenvalue weighted by molar-refractivity contribution is 6.42. The molecule has 0 aliphatic heterocycles. The summed E-state index contributed by atoms with van der Waals surface area (Å²) in [5.74, 6) is 2.03. The van der Waals surface area contributed by atoms with Gasteiger partial charge in [0.15, 0.2) is 0 Å². The van der Waals surface area contributed by atoms with Crippen molar-refractivity contribution in [2.75, 3.05) is 6.61 Å². The van der Waals surface area contributed by atoms with Crippen LogP contribution in [0.3, 0.4) is 0 Å². The third-order valence-electron chi connectivity index (χ3n) is 16.5. The number of phenolic OH excluding ortho intramolecular Hbond substituents is 3. The number of rotatable bonds is 5. The molecule has 0 heterocycles. The number of benzene rings is 12. The monoisotopic (exact) mass is 1510 g/mol. The lowest BCUT2D eigenvalue weighted by Crippen LogP contribution is -1.92. The molecule has 0 aliphatic rings. The number of halogens is 2. The Bertz CT molecular complexity index is 4410. The maximum absolute atomic E-state index is 10.2. The summed E-state index contributed by atoms with van der Waals surface area (Å²) in [6.45, 7) is 43.6.